The Hall–Kier alpha value is -0.610. The number of carbonyl (C=O) groups excluding carboxylic acids is 1. The first-order valence-electron chi connectivity index (χ1n) is 4.61. The van der Waals surface area contributed by atoms with Gasteiger partial charge in [0.25, 0.3) is 5.91 Å². The van der Waals surface area contributed by atoms with E-state index in [1.165, 1.54) is 13.8 Å². The van der Waals surface area contributed by atoms with Gasteiger partial charge < -0.3 is 15.2 Å². The average Bonchev–Trinajstić information content (AvgIpc) is 2.04. The Morgan fingerprint density at radius 2 is 2.31 bits per heavy atom. The van der Waals surface area contributed by atoms with Gasteiger partial charge in [0.1, 0.15) is 5.60 Å². The Kier molecular flexibility index (Phi) is 3.27. The topological polar surface area (TPSA) is 58.6 Å². The molecule has 0 spiro atoms. The van der Waals surface area contributed by atoms with Gasteiger partial charge in [-0.3, -0.25) is 4.79 Å². The summed E-state index contributed by atoms with van der Waals surface area (Å²) >= 11 is 0. The molecule has 1 rings (SSSR count). The van der Waals surface area contributed by atoms with E-state index >= 15 is 0 Å². The second-order valence-corrected chi connectivity index (χ2v) is 3.95. The van der Waals surface area contributed by atoms with Gasteiger partial charge in [-0.15, -0.1) is 0 Å². The Morgan fingerprint density at radius 1 is 1.62 bits per heavy atom. The third-order valence-electron chi connectivity index (χ3n) is 2.05. The van der Waals surface area contributed by atoms with E-state index in [0.717, 1.165) is 19.4 Å². The number of carbonyl (C=O) groups is 1. The quantitative estimate of drug-likeness (QED) is 0.642. The van der Waals surface area contributed by atoms with E-state index in [1.54, 1.807) is 0 Å². The van der Waals surface area contributed by atoms with Crippen LogP contribution in [0.25, 0.3) is 0 Å². The number of aliphatic hydroxyl groups is 1. The van der Waals surface area contributed by atoms with Crippen LogP contribution in [0.3, 0.4) is 0 Å². The summed E-state index contributed by atoms with van der Waals surface area (Å²) in [4.78, 5) is 11.3. The van der Waals surface area contributed by atoms with Crippen molar-refractivity contribution in [2.45, 2.75) is 38.3 Å². The summed E-state index contributed by atoms with van der Waals surface area (Å²) in [5.41, 5.74) is -1.29. The zero-order valence-corrected chi connectivity index (χ0v) is 8.17. The van der Waals surface area contributed by atoms with Crippen LogP contribution < -0.4 is 5.32 Å². The largest absolute Gasteiger partial charge is 0.381 e. The van der Waals surface area contributed by atoms with Gasteiger partial charge in [0, 0.05) is 6.61 Å². The third-order valence-corrected chi connectivity index (χ3v) is 2.05. The lowest BCUT2D eigenvalue weighted by Crippen LogP contribution is -2.49. The Bertz CT molecular complexity index is 180. The maximum Gasteiger partial charge on any atom is 0.251 e. The van der Waals surface area contributed by atoms with Crippen LogP contribution in [-0.4, -0.2) is 35.9 Å². The molecule has 1 heterocycles. The SMILES string of the molecule is CC(C)(O)C(=O)NC1CCCOC1. The first-order valence-corrected chi connectivity index (χ1v) is 4.61. The summed E-state index contributed by atoms with van der Waals surface area (Å²) in [7, 11) is 0. The van der Waals surface area contributed by atoms with Crippen LogP contribution in [0.15, 0.2) is 0 Å². The van der Waals surface area contributed by atoms with Gasteiger partial charge in [-0.2, -0.15) is 0 Å². The molecule has 1 aliphatic heterocycles. The minimum Gasteiger partial charge on any atom is -0.381 e. The van der Waals surface area contributed by atoms with Crippen LogP contribution in [0.1, 0.15) is 26.7 Å². The monoisotopic (exact) mass is 187 g/mol. The lowest BCUT2D eigenvalue weighted by Gasteiger charge is -2.26. The number of hydrogen-bond donors (Lipinski definition) is 2. The molecule has 2 N–H and O–H groups in total. The fourth-order valence-electron chi connectivity index (χ4n) is 1.22. The maximum absolute atomic E-state index is 11.3. The van der Waals surface area contributed by atoms with E-state index in [0.29, 0.717) is 6.61 Å². The molecule has 4 heteroatoms. The number of hydrogen-bond acceptors (Lipinski definition) is 3. The molecule has 4 nitrogen and oxygen atoms in total. The predicted octanol–water partition coefficient (Wildman–Crippen LogP) is 0.0525. The first kappa shape index (κ1) is 10.5. The van der Waals surface area contributed by atoms with E-state index in [1.807, 2.05) is 0 Å². The highest BCUT2D eigenvalue weighted by molar-refractivity contribution is 5.84. The van der Waals surface area contributed by atoms with Crippen LogP contribution in [0.4, 0.5) is 0 Å². The second-order valence-electron chi connectivity index (χ2n) is 3.95. The molecular weight excluding hydrogens is 170 g/mol. The number of rotatable bonds is 2. The van der Waals surface area contributed by atoms with Crippen molar-refractivity contribution in [1.82, 2.24) is 5.32 Å². The molecular formula is C9H17NO3. The smallest absolute Gasteiger partial charge is 0.251 e. The first-order chi connectivity index (χ1) is 6.00. The van der Waals surface area contributed by atoms with E-state index in [9.17, 15) is 9.90 Å². The van der Waals surface area contributed by atoms with Crippen molar-refractivity contribution in [3.63, 3.8) is 0 Å². The summed E-state index contributed by atoms with van der Waals surface area (Å²) in [5, 5.41) is 12.1. The summed E-state index contributed by atoms with van der Waals surface area (Å²) in [6.45, 7) is 4.29. The van der Waals surface area contributed by atoms with Crippen LogP contribution in [0.5, 0.6) is 0 Å². The highest BCUT2D eigenvalue weighted by Crippen LogP contribution is 2.08. The van der Waals surface area contributed by atoms with Gasteiger partial charge >= 0.3 is 0 Å². The van der Waals surface area contributed by atoms with Gasteiger partial charge in [0.2, 0.25) is 0 Å². The zero-order valence-electron chi connectivity index (χ0n) is 8.17. The lowest BCUT2D eigenvalue weighted by atomic mass is 10.1. The van der Waals surface area contributed by atoms with Crippen molar-refractivity contribution in [3.8, 4) is 0 Å². The molecule has 13 heavy (non-hydrogen) atoms. The molecule has 0 bridgehead atoms. The Labute approximate surface area is 78.3 Å². The molecule has 1 aliphatic rings. The van der Waals surface area contributed by atoms with Gasteiger partial charge in [0.05, 0.1) is 12.6 Å². The summed E-state index contributed by atoms with van der Waals surface area (Å²) in [5.74, 6) is -0.331. The molecule has 1 atom stereocenters. The maximum atomic E-state index is 11.3. The summed E-state index contributed by atoms with van der Waals surface area (Å²) in [6, 6.07) is 0.0627. The molecule has 1 fully saturated rings. The van der Waals surface area contributed by atoms with Gasteiger partial charge in [-0.1, -0.05) is 0 Å². The fourth-order valence-corrected chi connectivity index (χ4v) is 1.22. The lowest BCUT2D eigenvalue weighted by molar-refractivity contribution is -0.138. The van der Waals surface area contributed by atoms with Gasteiger partial charge in [-0.25, -0.2) is 0 Å². The third kappa shape index (κ3) is 3.32. The molecule has 0 aliphatic carbocycles. The van der Waals surface area contributed by atoms with E-state index < -0.39 is 5.60 Å². The molecule has 1 saturated heterocycles. The standard InChI is InChI=1S/C9H17NO3/c1-9(2,12)8(11)10-7-4-3-5-13-6-7/h7,12H,3-6H2,1-2H3,(H,10,11). The molecule has 1 unspecified atom stereocenters. The number of amides is 1. The Balaban J connectivity index is 2.35. The van der Waals surface area contributed by atoms with Gasteiger partial charge in [-0.05, 0) is 26.7 Å². The highest BCUT2D eigenvalue weighted by atomic mass is 16.5. The second kappa shape index (κ2) is 4.07. The van der Waals surface area contributed by atoms with Crippen molar-refractivity contribution in [3.05, 3.63) is 0 Å². The number of ether oxygens (including phenoxy) is 1. The molecule has 0 aromatic carbocycles. The van der Waals surface area contributed by atoms with Crippen LogP contribution in [0, 0.1) is 0 Å². The van der Waals surface area contributed by atoms with Crippen LogP contribution in [0.2, 0.25) is 0 Å². The van der Waals surface area contributed by atoms with E-state index in [2.05, 4.69) is 5.32 Å². The molecule has 1 amide bonds. The van der Waals surface area contributed by atoms with Crippen LogP contribution >= 0.6 is 0 Å². The summed E-state index contributed by atoms with van der Waals surface area (Å²) < 4.78 is 5.20. The minimum absolute atomic E-state index is 0.0627. The highest BCUT2D eigenvalue weighted by Gasteiger charge is 2.26. The van der Waals surface area contributed by atoms with Crippen molar-refractivity contribution >= 4 is 5.91 Å². The molecule has 76 valence electrons. The molecule has 0 saturated carbocycles. The normalized spacial score (nSPS) is 24.1. The molecule has 0 aromatic rings. The molecule has 0 aromatic heterocycles. The Morgan fingerprint density at radius 3 is 2.77 bits per heavy atom. The van der Waals surface area contributed by atoms with Crippen LogP contribution in [-0.2, 0) is 9.53 Å². The molecule has 0 radical (unpaired) electrons. The summed E-state index contributed by atoms with van der Waals surface area (Å²) in [6.07, 6.45) is 1.90. The van der Waals surface area contributed by atoms with Crippen molar-refractivity contribution in [2.75, 3.05) is 13.2 Å². The van der Waals surface area contributed by atoms with E-state index in [-0.39, 0.29) is 11.9 Å². The average molecular weight is 187 g/mol. The van der Waals surface area contributed by atoms with Crippen molar-refractivity contribution < 1.29 is 14.6 Å². The van der Waals surface area contributed by atoms with Crippen molar-refractivity contribution in [1.29, 1.82) is 0 Å². The minimum atomic E-state index is -1.29. The number of nitrogens with one attached hydrogen (secondary N) is 1. The van der Waals surface area contributed by atoms with Crippen molar-refractivity contribution in [2.24, 2.45) is 0 Å². The zero-order chi connectivity index (χ0) is 9.90. The fraction of sp³-hybridized carbons (Fsp3) is 0.889. The predicted molar refractivity (Wildman–Crippen MR) is 48.3 cm³/mol. The van der Waals surface area contributed by atoms with E-state index in [4.69, 9.17) is 4.74 Å². The van der Waals surface area contributed by atoms with Gasteiger partial charge in [0.15, 0.2) is 0 Å².